The summed E-state index contributed by atoms with van der Waals surface area (Å²) in [5, 5.41) is 7.96. The Kier molecular flexibility index (Phi) is 6.20. The third-order valence-corrected chi connectivity index (χ3v) is 6.15. The van der Waals surface area contributed by atoms with E-state index in [0.29, 0.717) is 46.0 Å². The molecule has 2 aliphatic heterocycles. The average Bonchev–Trinajstić information content (AvgIpc) is 3.36. The summed E-state index contributed by atoms with van der Waals surface area (Å²) in [5.41, 5.74) is 2.10. The van der Waals surface area contributed by atoms with Gasteiger partial charge in [0.05, 0.1) is 30.9 Å². The predicted octanol–water partition coefficient (Wildman–Crippen LogP) is 3.90. The van der Waals surface area contributed by atoms with Crippen LogP contribution in [0.5, 0.6) is 11.5 Å². The Hall–Kier alpha value is -3.30. The number of carbonyl (C=O) groups is 3. The number of benzene rings is 2. The highest BCUT2D eigenvalue weighted by atomic mass is 35.5. The number of nitrogens with zero attached hydrogens (tertiary/aromatic N) is 2. The highest BCUT2D eigenvalue weighted by molar-refractivity contribution is 8.18. The second kappa shape index (κ2) is 9.05. The summed E-state index contributed by atoms with van der Waals surface area (Å²) in [6.45, 7) is 0. The largest absolute Gasteiger partial charge is 0.493 e. The number of hydrazone groups is 1. The molecule has 1 N–H and O–H groups in total. The zero-order valence-corrected chi connectivity index (χ0v) is 18.7. The second-order valence-corrected chi connectivity index (χ2v) is 8.32. The molecule has 10 heteroatoms. The van der Waals surface area contributed by atoms with Gasteiger partial charge in [-0.15, -0.1) is 0 Å². The van der Waals surface area contributed by atoms with E-state index < -0.39 is 23.1 Å². The molecule has 32 heavy (non-hydrogen) atoms. The van der Waals surface area contributed by atoms with Crippen LogP contribution >= 0.6 is 23.4 Å². The van der Waals surface area contributed by atoms with E-state index in [9.17, 15) is 14.4 Å². The van der Waals surface area contributed by atoms with Gasteiger partial charge in [0.1, 0.15) is 0 Å². The molecular weight excluding hydrogens is 454 g/mol. The molecule has 0 saturated carbocycles. The third kappa shape index (κ3) is 4.21. The zero-order valence-electron chi connectivity index (χ0n) is 17.1. The van der Waals surface area contributed by atoms with Gasteiger partial charge in [-0.05, 0) is 35.5 Å². The first kappa shape index (κ1) is 21.9. The molecule has 1 unspecified atom stereocenters. The fourth-order valence-electron chi connectivity index (χ4n) is 3.49. The molecule has 2 heterocycles. The minimum atomic E-state index is -0.606. The summed E-state index contributed by atoms with van der Waals surface area (Å²) < 4.78 is 10.7. The van der Waals surface area contributed by atoms with Crippen molar-refractivity contribution in [2.45, 2.75) is 12.5 Å². The lowest BCUT2D eigenvalue weighted by Crippen LogP contribution is -2.26. The van der Waals surface area contributed by atoms with E-state index in [-0.39, 0.29) is 4.91 Å². The van der Waals surface area contributed by atoms with E-state index >= 15 is 0 Å². The minimum Gasteiger partial charge on any atom is -0.493 e. The summed E-state index contributed by atoms with van der Waals surface area (Å²) in [4.78, 5) is 36.5. The summed E-state index contributed by atoms with van der Waals surface area (Å²) >= 11 is 7.04. The van der Waals surface area contributed by atoms with Crippen molar-refractivity contribution in [3.63, 3.8) is 0 Å². The Bertz CT molecular complexity index is 1180. The second-order valence-electron chi connectivity index (χ2n) is 6.90. The lowest BCUT2D eigenvalue weighted by atomic mass is 9.98. The van der Waals surface area contributed by atoms with Crippen molar-refractivity contribution in [1.82, 2.24) is 10.3 Å². The van der Waals surface area contributed by atoms with E-state index in [2.05, 4.69) is 10.4 Å². The maximum atomic E-state index is 13.1. The van der Waals surface area contributed by atoms with Gasteiger partial charge in [0.2, 0.25) is 0 Å². The highest BCUT2D eigenvalue weighted by Crippen LogP contribution is 2.38. The van der Waals surface area contributed by atoms with E-state index in [1.165, 1.54) is 12.1 Å². The van der Waals surface area contributed by atoms with Crippen molar-refractivity contribution in [3.8, 4) is 11.5 Å². The van der Waals surface area contributed by atoms with Crippen molar-refractivity contribution in [1.29, 1.82) is 0 Å². The van der Waals surface area contributed by atoms with E-state index in [0.717, 1.165) is 11.6 Å². The molecule has 0 spiro atoms. The zero-order chi connectivity index (χ0) is 22.8. The first-order valence-corrected chi connectivity index (χ1v) is 10.7. The number of nitrogens with one attached hydrogen (secondary N) is 1. The molecule has 0 aliphatic carbocycles. The fraction of sp³-hybridized carbons (Fsp3) is 0.182. The first-order valence-electron chi connectivity index (χ1n) is 9.53. The van der Waals surface area contributed by atoms with Crippen molar-refractivity contribution in [3.05, 3.63) is 69.6 Å². The molecule has 0 bridgehead atoms. The van der Waals surface area contributed by atoms with Crippen molar-refractivity contribution >= 4 is 46.1 Å². The van der Waals surface area contributed by atoms with Crippen molar-refractivity contribution in [2.75, 3.05) is 14.2 Å². The van der Waals surface area contributed by atoms with E-state index in [1.54, 1.807) is 25.3 Å². The minimum absolute atomic E-state index is 0.0208. The monoisotopic (exact) mass is 471 g/mol. The van der Waals surface area contributed by atoms with Gasteiger partial charge in [-0.2, -0.15) is 5.10 Å². The van der Waals surface area contributed by atoms with Crippen LogP contribution in [0.25, 0.3) is 0 Å². The van der Waals surface area contributed by atoms with Crippen LogP contribution in [-0.2, 0) is 9.59 Å². The van der Waals surface area contributed by atoms with Crippen LogP contribution in [0.4, 0.5) is 4.79 Å². The Morgan fingerprint density at radius 1 is 1.19 bits per heavy atom. The number of rotatable bonds is 5. The van der Waals surface area contributed by atoms with Gasteiger partial charge in [-0.3, -0.25) is 19.7 Å². The fourth-order valence-corrected chi connectivity index (χ4v) is 4.38. The number of amides is 3. The Labute approximate surface area is 193 Å². The number of hydrogen-bond acceptors (Lipinski definition) is 7. The summed E-state index contributed by atoms with van der Waals surface area (Å²) in [5.74, 6) is -0.0676. The first-order chi connectivity index (χ1) is 15.4. The number of imide groups is 1. The molecule has 1 saturated heterocycles. The normalized spacial score (nSPS) is 19.2. The number of thioether (sulfide) groups is 1. The van der Waals surface area contributed by atoms with Gasteiger partial charge in [0, 0.05) is 23.1 Å². The van der Waals surface area contributed by atoms with E-state index in [4.69, 9.17) is 21.1 Å². The molecule has 2 aromatic carbocycles. The summed E-state index contributed by atoms with van der Waals surface area (Å²) in [6, 6.07) is 12.1. The van der Waals surface area contributed by atoms with Gasteiger partial charge in [0.25, 0.3) is 17.1 Å². The van der Waals surface area contributed by atoms with Gasteiger partial charge < -0.3 is 9.47 Å². The molecule has 2 aliphatic rings. The molecule has 1 fully saturated rings. The molecule has 164 valence electrons. The van der Waals surface area contributed by atoms with Crippen molar-refractivity contribution < 1.29 is 23.9 Å². The topological polar surface area (TPSA) is 97.3 Å². The molecule has 0 aromatic heterocycles. The quantitative estimate of drug-likeness (QED) is 0.664. The molecule has 1 atom stereocenters. The SMILES string of the molecule is COc1ccc(C2CC(c3ccccc3Cl)=NN2C(=O)/C=C2\SC(=O)NC2=O)cc1OC. The number of halogens is 1. The molecule has 2 aromatic rings. The van der Waals surface area contributed by atoms with E-state index in [1.807, 2.05) is 24.3 Å². The number of hydrogen-bond donors (Lipinski definition) is 1. The van der Waals surface area contributed by atoms with Gasteiger partial charge in [-0.1, -0.05) is 35.9 Å². The van der Waals surface area contributed by atoms with Crippen LogP contribution in [0.2, 0.25) is 5.02 Å². The number of ether oxygens (including phenoxy) is 2. The maximum absolute atomic E-state index is 13.1. The van der Waals surface area contributed by atoms with Gasteiger partial charge in [-0.25, -0.2) is 5.01 Å². The smallest absolute Gasteiger partial charge is 0.290 e. The molecule has 0 radical (unpaired) electrons. The Morgan fingerprint density at radius 2 is 1.94 bits per heavy atom. The lowest BCUT2D eigenvalue weighted by Gasteiger charge is -2.22. The molecular formula is C22H18ClN3O5S. The molecule has 8 nitrogen and oxygen atoms in total. The lowest BCUT2D eigenvalue weighted by molar-refractivity contribution is -0.128. The average molecular weight is 472 g/mol. The van der Waals surface area contributed by atoms with Crippen LogP contribution in [0.15, 0.2) is 58.5 Å². The van der Waals surface area contributed by atoms with Gasteiger partial charge >= 0.3 is 0 Å². The Morgan fingerprint density at radius 3 is 2.59 bits per heavy atom. The summed E-state index contributed by atoms with van der Waals surface area (Å²) in [6.07, 6.45) is 1.52. The van der Waals surface area contributed by atoms with Crippen LogP contribution in [0.3, 0.4) is 0 Å². The number of methoxy groups -OCH3 is 2. The predicted molar refractivity (Wildman–Crippen MR) is 121 cm³/mol. The molecule has 3 amide bonds. The Balaban J connectivity index is 1.74. The van der Waals surface area contributed by atoms with Crippen LogP contribution in [-0.4, -0.2) is 42.0 Å². The highest BCUT2D eigenvalue weighted by Gasteiger charge is 2.35. The standard InChI is InChI=1S/C22H18ClN3O5S/c1-30-17-8-7-12(9-18(17)31-2)16-10-15(13-5-3-4-6-14(13)23)25-26(16)20(27)11-19-21(28)24-22(29)32-19/h3-9,11,16H,10H2,1-2H3,(H,24,28,29)/b19-11-. The van der Waals surface area contributed by atoms with Crippen LogP contribution in [0.1, 0.15) is 23.6 Å². The van der Waals surface area contributed by atoms with Crippen LogP contribution in [0, 0.1) is 0 Å². The third-order valence-electron chi connectivity index (χ3n) is 5.01. The summed E-state index contributed by atoms with van der Waals surface area (Å²) in [7, 11) is 3.07. The maximum Gasteiger partial charge on any atom is 0.290 e. The van der Waals surface area contributed by atoms with Crippen LogP contribution < -0.4 is 14.8 Å². The van der Waals surface area contributed by atoms with Crippen molar-refractivity contribution in [2.24, 2.45) is 5.10 Å². The number of carbonyl (C=O) groups excluding carboxylic acids is 3. The molecule has 4 rings (SSSR count). The van der Waals surface area contributed by atoms with Gasteiger partial charge in [0.15, 0.2) is 11.5 Å².